The lowest BCUT2D eigenvalue weighted by Crippen LogP contribution is -2.00. The minimum Gasteiger partial charge on any atom is -0.270 e. The number of hydrogen-bond donors (Lipinski definition) is 0. The summed E-state index contributed by atoms with van der Waals surface area (Å²) in [6.45, 7) is 6.02. The Labute approximate surface area is 113 Å². The second-order valence-electron chi connectivity index (χ2n) is 4.04. The molecule has 0 spiro atoms. The third kappa shape index (κ3) is 2.50. The van der Waals surface area contributed by atoms with E-state index in [4.69, 9.17) is 11.6 Å². The van der Waals surface area contributed by atoms with E-state index in [0.29, 0.717) is 17.0 Å². The molecule has 6 heteroatoms. The predicted molar refractivity (Wildman–Crippen MR) is 71.1 cm³/mol. The highest BCUT2D eigenvalue weighted by Gasteiger charge is 2.11. The minimum absolute atomic E-state index is 0.316. The molecule has 2 heterocycles. The van der Waals surface area contributed by atoms with Crippen LogP contribution in [-0.2, 0) is 0 Å². The van der Waals surface area contributed by atoms with E-state index in [0.717, 1.165) is 15.7 Å². The maximum atomic E-state index is 6.01. The molecule has 0 aliphatic carbocycles. The monoisotopic (exact) mass is 314 g/mol. The first-order chi connectivity index (χ1) is 7.99. The number of hydrogen-bond acceptors (Lipinski definition) is 3. The SMILES string of the molecule is Cc1nc(-c2cnn(C(C)C)c2)nc(Cl)c1Br. The van der Waals surface area contributed by atoms with Crippen molar-refractivity contribution in [2.75, 3.05) is 0 Å². The zero-order valence-electron chi connectivity index (χ0n) is 9.78. The summed E-state index contributed by atoms with van der Waals surface area (Å²) in [7, 11) is 0. The Balaban J connectivity index is 2.46. The second-order valence-corrected chi connectivity index (χ2v) is 5.19. The van der Waals surface area contributed by atoms with Gasteiger partial charge in [-0.05, 0) is 36.7 Å². The van der Waals surface area contributed by atoms with E-state index in [1.54, 1.807) is 6.20 Å². The molecule has 4 nitrogen and oxygen atoms in total. The lowest BCUT2D eigenvalue weighted by molar-refractivity contribution is 0.532. The van der Waals surface area contributed by atoms with Crippen molar-refractivity contribution in [2.24, 2.45) is 0 Å². The first-order valence-corrected chi connectivity index (χ1v) is 6.40. The van der Waals surface area contributed by atoms with E-state index in [1.165, 1.54) is 0 Å². The van der Waals surface area contributed by atoms with Gasteiger partial charge in [0.15, 0.2) is 5.82 Å². The smallest absolute Gasteiger partial charge is 0.164 e. The lowest BCUT2D eigenvalue weighted by Gasteiger charge is -2.04. The molecule has 0 aliphatic heterocycles. The van der Waals surface area contributed by atoms with Gasteiger partial charge in [-0.3, -0.25) is 4.68 Å². The van der Waals surface area contributed by atoms with Crippen LogP contribution in [0.5, 0.6) is 0 Å². The summed E-state index contributed by atoms with van der Waals surface area (Å²) in [6.07, 6.45) is 3.67. The molecular formula is C11H12BrClN4. The topological polar surface area (TPSA) is 43.6 Å². The third-order valence-electron chi connectivity index (χ3n) is 2.37. The minimum atomic E-state index is 0.316. The van der Waals surface area contributed by atoms with Crippen molar-refractivity contribution in [3.8, 4) is 11.4 Å². The first-order valence-electron chi connectivity index (χ1n) is 5.23. The van der Waals surface area contributed by atoms with Crippen LogP contribution < -0.4 is 0 Å². The molecular weight excluding hydrogens is 304 g/mol. The summed E-state index contributed by atoms with van der Waals surface area (Å²) in [4.78, 5) is 8.61. The summed E-state index contributed by atoms with van der Waals surface area (Å²) in [6, 6.07) is 0.316. The van der Waals surface area contributed by atoms with Gasteiger partial charge >= 0.3 is 0 Å². The van der Waals surface area contributed by atoms with E-state index >= 15 is 0 Å². The van der Waals surface area contributed by atoms with Gasteiger partial charge in [0.25, 0.3) is 0 Å². The summed E-state index contributed by atoms with van der Waals surface area (Å²) < 4.78 is 2.60. The van der Waals surface area contributed by atoms with Gasteiger partial charge in [-0.1, -0.05) is 11.6 Å². The number of nitrogens with zero attached hydrogens (tertiary/aromatic N) is 4. The van der Waals surface area contributed by atoms with Crippen LogP contribution in [0.2, 0.25) is 5.15 Å². The van der Waals surface area contributed by atoms with Crippen LogP contribution >= 0.6 is 27.5 Å². The summed E-state index contributed by atoms with van der Waals surface area (Å²) in [5, 5.41) is 4.68. The fraction of sp³-hybridized carbons (Fsp3) is 0.364. The molecule has 90 valence electrons. The molecule has 2 aromatic heterocycles. The van der Waals surface area contributed by atoms with Crippen LogP contribution in [-0.4, -0.2) is 19.7 Å². The van der Waals surface area contributed by atoms with Crippen molar-refractivity contribution in [2.45, 2.75) is 26.8 Å². The van der Waals surface area contributed by atoms with E-state index < -0.39 is 0 Å². The lowest BCUT2D eigenvalue weighted by atomic mass is 10.3. The fourth-order valence-corrected chi connectivity index (χ4v) is 1.78. The van der Waals surface area contributed by atoms with Gasteiger partial charge in [0.1, 0.15) is 5.15 Å². The molecule has 0 atom stereocenters. The molecule has 0 aliphatic rings. The molecule has 2 aromatic rings. The van der Waals surface area contributed by atoms with Crippen molar-refractivity contribution in [1.82, 2.24) is 19.7 Å². The van der Waals surface area contributed by atoms with Gasteiger partial charge in [0.05, 0.1) is 21.9 Å². The molecule has 0 aromatic carbocycles. The fourth-order valence-electron chi connectivity index (χ4n) is 1.39. The van der Waals surface area contributed by atoms with Crippen LogP contribution in [0.1, 0.15) is 25.6 Å². The van der Waals surface area contributed by atoms with Gasteiger partial charge in [-0.25, -0.2) is 9.97 Å². The van der Waals surface area contributed by atoms with Crippen LogP contribution in [0.15, 0.2) is 16.9 Å². The van der Waals surface area contributed by atoms with Crippen LogP contribution in [0.25, 0.3) is 11.4 Å². The standard InChI is InChI=1S/C11H12BrClN4/c1-6(2)17-5-8(4-14-17)11-15-7(3)9(12)10(13)16-11/h4-6H,1-3H3. The number of aryl methyl sites for hydroxylation is 1. The molecule has 0 unspecified atom stereocenters. The Morgan fingerprint density at radius 3 is 2.59 bits per heavy atom. The van der Waals surface area contributed by atoms with Crippen molar-refractivity contribution < 1.29 is 0 Å². The molecule has 0 N–H and O–H groups in total. The zero-order valence-corrected chi connectivity index (χ0v) is 12.1. The van der Waals surface area contributed by atoms with Crippen molar-refractivity contribution in [1.29, 1.82) is 0 Å². The zero-order chi connectivity index (χ0) is 12.6. The van der Waals surface area contributed by atoms with E-state index in [2.05, 4.69) is 44.8 Å². The Kier molecular flexibility index (Phi) is 3.49. The summed E-state index contributed by atoms with van der Waals surface area (Å²) >= 11 is 9.35. The molecule has 0 bridgehead atoms. The molecule has 0 radical (unpaired) electrons. The van der Waals surface area contributed by atoms with E-state index in [-0.39, 0.29) is 0 Å². The van der Waals surface area contributed by atoms with Gasteiger partial charge in [0, 0.05) is 12.2 Å². The quantitative estimate of drug-likeness (QED) is 0.795. The summed E-state index contributed by atoms with van der Waals surface area (Å²) in [5.74, 6) is 0.600. The Bertz CT molecular complexity index is 527. The van der Waals surface area contributed by atoms with Gasteiger partial charge in [-0.2, -0.15) is 5.10 Å². The second kappa shape index (κ2) is 4.74. The molecule has 0 fully saturated rings. The maximum Gasteiger partial charge on any atom is 0.164 e. The number of aromatic nitrogens is 4. The highest BCUT2D eigenvalue weighted by molar-refractivity contribution is 9.10. The largest absolute Gasteiger partial charge is 0.270 e. The molecule has 2 rings (SSSR count). The molecule has 0 saturated carbocycles. The van der Waals surface area contributed by atoms with Crippen molar-refractivity contribution >= 4 is 27.5 Å². The van der Waals surface area contributed by atoms with Crippen molar-refractivity contribution in [3.63, 3.8) is 0 Å². The average Bonchev–Trinajstić information content (AvgIpc) is 2.74. The number of rotatable bonds is 2. The Morgan fingerprint density at radius 1 is 1.35 bits per heavy atom. The third-order valence-corrected chi connectivity index (χ3v) is 3.82. The van der Waals surface area contributed by atoms with Gasteiger partial charge < -0.3 is 0 Å². The van der Waals surface area contributed by atoms with E-state index in [9.17, 15) is 0 Å². The normalized spacial score (nSPS) is 11.2. The van der Waals surface area contributed by atoms with Gasteiger partial charge in [-0.15, -0.1) is 0 Å². The number of halogens is 2. The summed E-state index contributed by atoms with van der Waals surface area (Å²) in [5.41, 5.74) is 1.69. The average molecular weight is 316 g/mol. The van der Waals surface area contributed by atoms with Crippen LogP contribution in [0, 0.1) is 6.92 Å². The van der Waals surface area contributed by atoms with Crippen LogP contribution in [0.4, 0.5) is 0 Å². The first kappa shape index (κ1) is 12.5. The maximum absolute atomic E-state index is 6.01. The highest BCUT2D eigenvalue weighted by atomic mass is 79.9. The van der Waals surface area contributed by atoms with E-state index in [1.807, 2.05) is 17.8 Å². The molecule has 17 heavy (non-hydrogen) atoms. The predicted octanol–water partition coefficient (Wildman–Crippen LogP) is 3.65. The van der Waals surface area contributed by atoms with Crippen molar-refractivity contribution in [3.05, 3.63) is 27.7 Å². The molecule has 0 amide bonds. The van der Waals surface area contributed by atoms with Gasteiger partial charge in [0.2, 0.25) is 0 Å². The Morgan fingerprint density at radius 2 is 2.06 bits per heavy atom. The van der Waals surface area contributed by atoms with Crippen LogP contribution in [0.3, 0.4) is 0 Å². The Hall–Kier alpha value is -0.940. The highest BCUT2D eigenvalue weighted by Crippen LogP contribution is 2.26. The molecule has 0 saturated heterocycles.